The number of hydrogen-bond acceptors (Lipinski definition) is 4. The maximum atomic E-state index is 13.0. The fraction of sp³-hybridized carbons (Fsp3) is 0.364. The summed E-state index contributed by atoms with van der Waals surface area (Å²) >= 11 is 0. The molecule has 0 spiro atoms. The van der Waals surface area contributed by atoms with Crippen LogP contribution in [-0.4, -0.2) is 35.3 Å². The van der Waals surface area contributed by atoms with Gasteiger partial charge in [-0.2, -0.15) is 0 Å². The molecule has 2 aliphatic heterocycles. The normalized spacial score (nSPS) is 23.1. The van der Waals surface area contributed by atoms with E-state index < -0.39 is 0 Å². The van der Waals surface area contributed by atoms with Crippen LogP contribution >= 0.6 is 0 Å². The standard InChI is InChI=1S/C22H22N2O4/c1-13-4-3-5-18-17(13)8-19(28-18)20(25)23-12-22-9-15(10-22)11-24(22)21(26)16-6-7-27-14(16)2/h3-8,15H,9-12H2,1-2H3,(H,23,25). The Morgan fingerprint density at radius 1 is 1.25 bits per heavy atom. The minimum Gasteiger partial charge on any atom is -0.469 e. The van der Waals surface area contributed by atoms with E-state index in [1.165, 1.54) is 0 Å². The van der Waals surface area contributed by atoms with Crippen molar-refractivity contribution in [2.24, 2.45) is 5.92 Å². The molecule has 1 aliphatic carbocycles. The lowest BCUT2D eigenvalue weighted by molar-refractivity contribution is 0.0541. The number of nitrogens with one attached hydrogen (secondary N) is 1. The topological polar surface area (TPSA) is 75.7 Å². The van der Waals surface area contributed by atoms with Gasteiger partial charge in [-0.05, 0) is 56.4 Å². The van der Waals surface area contributed by atoms with Crippen molar-refractivity contribution in [2.45, 2.75) is 32.2 Å². The van der Waals surface area contributed by atoms with Gasteiger partial charge in [0.1, 0.15) is 11.3 Å². The molecule has 28 heavy (non-hydrogen) atoms. The van der Waals surface area contributed by atoms with Gasteiger partial charge < -0.3 is 19.1 Å². The zero-order valence-corrected chi connectivity index (χ0v) is 16.0. The third-order valence-corrected chi connectivity index (χ3v) is 6.27. The number of carbonyl (C=O) groups excluding carboxylic acids is 2. The van der Waals surface area contributed by atoms with E-state index in [-0.39, 0.29) is 17.4 Å². The van der Waals surface area contributed by atoms with Gasteiger partial charge in [0, 0.05) is 18.5 Å². The molecule has 6 heteroatoms. The Kier molecular flexibility index (Phi) is 3.66. The summed E-state index contributed by atoms with van der Waals surface area (Å²) in [5, 5.41) is 3.94. The van der Waals surface area contributed by atoms with Gasteiger partial charge in [0.05, 0.1) is 17.4 Å². The monoisotopic (exact) mass is 378 g/mol. The van der Waals surface area contributed by atoms with E-state index in [0.29, 0.717) is 35.1 Å². The number of benzene rings is 1. The molecule has 3 aromatic rings. The first-order valence-electron chi connectivity index (χ1n) is 9.60. The molecule has 4 heterocycles. The Labute approximate surface area is 162 Å². The highest BCUT2D eigenvalue weighted by Crippen LogP contribution is 2.50. The van der Waals surface area contributed by atoms with Crippen molar-refractivity contribution < 1.29 is 18.4 Å². The van der Waals surface area contributed by atoms with Crippen molar-refractivity contribution >= 4 is 22.8 Å². The Morgan fingerprint density at radius 3 is 2.79 bits per heavy atom. The second kappa shape index (κ2) is 5.99. The number of rotatable bonds is 4. The lowest BCUT2D eigenvalue weighted by atomic mass is 9.73. The molecule has 0 atom stereocenters. The molecular formula is C22H22N2O4. The maximum Gasteiger partial charge on any atom is 0.287 e. The van der Waals surface area contributed by atoms with E-state index in [4.69, 9.17) is 8.83 Å². The van der Waals surface area contributed by atoms with E-state index in [1.807, 2.05) is 30.0 Å². The quantitative estimate of drug-likeness (QED) is 0.751. The first kappa shape index (κ1) is 17.1. The largest absolute Gasteiger partial charge is 0.469 e. The average Bonchev–Trinajstić information content (AvgIpc) is 3.40. The molecule has 0 radical (unpaired) electrons. The predicted octanol–water partition coefficient (Wildman–Crippen LogP) is 3.68. The molecule has 0 unspecified atom stereocenters. The number of amides is 2. The first-order valence-corrected chi connectivity index (χ1v) is 9.60. The van der Waals surface area contributed by atoms with Gasteiger partial charge in [0.2, 0.25) is 0 Å². The van der Waals surface area contributed by atoms with E-state index in [9.17, 15) is 9.59 Å². The third-order valence-electron chi connectivity index (χ3n) is 6.27. The number of fused-ring (bicyclic) bond motifs is 2. The highest BCUT2D eigenvalue weighted by atomic mass is 16.3. The van der Waals surface area contributed by atoms with Gasteiger partial charge >= 0.3 is 0 Å². The van der Waals surface area contributed by atoms with Crippen molar-refractivity contribution in [3.63, 3.8) is 0 Å². The van der Waals surface area contributed by atoms with Crippen LogP contribution in [0.15, 0.2) is 45.4 Å². The molecule has 1 aromatic carbocycles. The van der Waals surface area contributed by atoms with Crippen LogP contribution in [0.3, 0.4) is 0 Å². The van der Waals surface area contributed by atoms with Gasteiger partial charge in [-0.15, -0.1) is 0 Å². The van der Waals surface area contributed by atoms with Crippen LogP contribution in [-0.2, 0) is 0 Å². The van der Waals surface area contributed by atoms with Crippen LogP contribution in [0.1, 0.15) is 45.1 Å². The zero-order chi connectivity index (χ0) is 19.5. The van der Waals surface area contributed by atoms with Crippen molar-refractivity contribution in [1.82, 2.24) is 10.2 Å². The molecule has 2 bridgehead atoms. The summed E-state index contributed by atoms with van der Waals surface area (Å²) in [5.74, 6) is 1.19. The predicted molar refractivity (Wildman–Crippen MR) is 103 cm³/mol. The molecule has 3 fully saturated rings. The molecule has 2 amide bonds. The van der Waals surface area contributed by atoms with Crippen molar-refractivity contribution in [1.29, 1.82) is 0 Å². The Morgan fingerprint density at radius 2 is 2.07 bits per heavy atom. The summed E-state index contributed by atoms with van der Waals surface area (Å²) in [5.41, 5.74) is 2.08. The van der Waals surface area contributed by atoms with Crippen LogP contribution in [0, 0.1) is 19.8 Å². The van der Waals surface area contributed by atoms with Gasteiger partial charge in [-0.3, -0.25) is 9.59 Å². The fourth-order valence-electron chi connectivity index (χ4n) is 4.76. The maximum absolute atomic E-state index is 13.0. The van der Waals surface area contributed by atoms with E-state index in [0.717, 1.165) is 30.3 Å². The van der Waals surface area contributed by atoms with E-state index >= 15 is 0 Å². The van der Waals surface area contributed by atoms with Crippen LogP contribution in [0.4, 0.5) is 0 Å². The molecule has 6 rings (SSSR count). The Balaban J connectivity index is 1.32. The highest BCUT2D eigenvalue weighted by molar-refractivity contribution is 5.98. The van der Waals surface area contributed by atoms with E-state index in [2.05, 4.69) is 5.32 Å². The molecular weight excluding hydrogens is 356 g/mol. The number of carbonyl (C=O) groups is 2. The van der Waals surface area contributed by atoms with E-state index in [1.54, 1.807) is 25.3 Å². The van der Waals surface area contributed by atoms with Crippen LogP contribution in [0.2, 0.25) is 0 Å². The zero-order valence-electron chi connectivity index (χ0n) is 16.0. The van der Waals surface area contributed by atoms with Crippen LogP contribution in [0.25, 0.3) is 11.0 Å². The molecule has 3 aliphatic rings. The molecule has 6 nitrogen and oxygen atoms in total. The first-order chi connectivity index (χ1) is 13.5. The lowest BCUT2D eigenvalue weighted by Gasteiger charge is -2.42. The molecule has 2 aromatic heterocycles. The molecule has 2 saturated heterocycles. The Hall–Kier alpha value is -3.02. The SMILES string of the molecule is Cc1occc1C(=O)N1CC2CC1(CNC(=O)c1cc3c(C)cccc3o1)C2. The fourth-order valence-corrected chi connectivity index (χ4v) is 4.76. The van der Waals surface area contributed by atoms with Gasteiger partial charge in [-0.1, -0.05) is 12.1 Å². The number of hydrogen-bond donors (Lipinski definition) is 1. The smallest absolute Gasteiger partial charge is 0.287 e. The molecule has 1 N–H and O–H groups in total. The lowest BCUT2D eigenvalue weighted by Crippen LogP contribution is -2.55. The van der Waals surface area contributed by atoms with Gasteiger partial charge in [-0.25, -0.2) is 0 Å². The minimum atomic E-state index is -0.303. The van der Waals surface area contributed by atoms with Crippen LogP contribution in [0.5, 0.6) is 0 Å². The summed E-state index contributed by atoms with van der Waals surface area (Å²) < 4.78 is 11.0. The number of furan rings is 2. The average molecular weight is 378 g/mol. The van der Waals surface area contributed by atoms with Crippen molar-refractivity contribution in [3.8, 4) is 0 Å². The third kappa shape index (κ3) is 2.47. The minimum absolute atomic E-state index is 0.0140. The molecule has 144 valence electrons. The highest BCUT2D eigenvalue weighted by Gasteiger charge is 2.58. The Bertz CT molecular complexity index is 1090. The van der Waals surface area contributed by atoms with Gasteiger partial charge in [0.25, 0.3) is 11.8 Å². The summed E-state index contributed by atoms with van der Waals surface area (Å²) in [7, 11) is 0. The summed E-state index contributed by atoms with van der Waals surface area (Å²) in [6.45, 7) is 4.96. The summed E-state index contributed by atoms with van der Waals surface area (Å²) in [6.07, 6.45) is 3.39. The van der Waals surface area contributed by atoms with Crippen molar-refractivity contribution in [3.05, 3.63) is 59.2 Å². The second-order valence-electron chi connectivity index (χ2n) is 8.08. The summed E-state index contributed by atoms with van der Waals surface area (Å²) in [6, 6.07) is 9.27. The van der Waals surface area contributed by atoms with Gasteiger partial charge in [0.15, 0.2) is 5.76 Å². The second-order valence-corrected chi connectivity index (χ2v) is 8.08. The number of nitrogens with zero attached hydrogens (tertiary/aromatic N) is 1. The molecule has 1 saturated carbocycles. The van der Waals surface area contributed by atoms with Crippen molar-refractivity contribution in [2.75, 3.05) is 13.1 Å². The van der Waals surface area contributed by atoms with Crippen LogP contribution < -0.4 is 5.32 Å². The summed E-state index contributed by atoms with van der Waals surface area (Å²) in [4.78, 5) is 27.6. The number of aryl methyl sites for hydroxylation is 2.